The second-order valence-corrected chi connectivity index (χ2v) is 5.96. The van der Waals surface area contributed by atoms with Gasteiger partial charge in [-0.15, -0.1) is 0 Å². The number of halogens is 1. The molecular weight excluding hydrogens is 226 g/mol. The van der Waals surface area contributed by atoms with Gasteiger partial charge in [0.2, 0.25) is 0 Å². The van der Waals surface area contributed by atoms with E-state index in [1.807, 2.05) is 0 Å². The predicted octanol–water partition coefficient (Wildman–Crippen LogP) is 3.28. The molecule has 0 aliphatic carbocycles. The normalized spacial score (nSPS) is 28.6. The Labute approximate surface area is 91.0 Å². The minimum atomic E-state index is 0.447. The maximum atomic E-state index is 3.79. The quantitative estimate of drug-likeness (QED) is 0.693. The van der Waals surface area contributed by atoms with Crippen molar-refractivity contribution in [2.24, 2.45) is 5.41 Å². The molecule has 0 aromatic heterocycles. The Morgan fingerprint density at radius 1 is 1.38 bits per heavy atom. The smallest absolute Gasteiger partial charge is 0.0336 e. The number of alkyl halides is 1. The van der Waals surface area contributed by atoms with Crippen molar-refractivity contribution in [3.63, 3.8) is 0 Å². The molecule has 13 heavy (non-hydrogen) atoms. The van der Waals surface area contributed by atoms with E-state index in [0.717, 1.165) is 6.04 Å². The first kappa shape index (κ1) is 11.5. The van der Waals surface area contributed by atoms with Crippen LogP contribution >= 0.6 is 15.9 Å². The number of rotatable bonds is 3. The Morgan fingerprint density at radius 3 is 2.23 bits per heavy atom. The topological polar surface area (TPSA) is 3.24 Å². The lowest BCUT2D eigenvalue weighted by Gasteiger charge is -2.27. The van der Waals surface area contributed by atoms with Crippen molar-refractivity contribution >= 4 is 15.9 Å². The summed E-state index contributed by atoms with van der Waals surface area (Å²) in [5.74, 6) is 0. The first-order valence-electron chi connectivity index (χ1n) is 5.39. The third kappa shape index (κ3) is 2.47. The summed E-state index contributed by atoms with van der Waals surface area (Å²) in [6, 6.07) is 0.793. The fraction of sp³-hybridized carbons (Fsp3) is 1.00. The van der Waals surface area contributed by atoms with Crippen LogP contribution in [0.2, 0.25) is 0 Å². The standard InChI is InChI=1S/C11H22BrN/c1-5-9(6-2)13-7-10(12)11(3,4)8-13/h9-10H,5-8H2,1-4H3. The Balaban J connectivity index is 2.57. The predicted molar refractivity (Wildman–Crippen MR) is 62.4 cm³/mol. The fourth-order valence-electron chi connectivity index (χ4n) is 2.22. The van der Waals surface area contributed by atoms with Gasteiger partial charge in [-0.2, -0.15) is 0 Å². The van der Waals surface area contributed by atoms with Crippen LogP contribution in [-0.2, 0) is 0 Å². The lowest BCUT2D eigenvalue weighted by Crippen LogP contribution is -2.33. The van der Waals surface area contributed by atoms with Gasteiger partial charge in [0, 0.05) is 24.0 Å². The summed E-state index contributed by atoms with van der Waals surface area (Å²) in [7, 11) is 0. The number of hydrogen-bond donors (Lipinski definition) is 0. The van der Waals surface area contributed by atoms with Crippen LogP contribution in [-0.4, -0.2) is 28.9 Å². The van der Waals surface area contributed by atoms with Gasteiger partial charge in [-0.05, 0) is 18.3 Å². The molecular formula is C11H22BrN. The summed E-state index contributed by atoms with van der Waals surface area (Å²) >= 11 is 3.79. The van der Waals surface area contributed by atoms with Crippen molar-refractivity contribution < 1.29 is 0 Å². The van der Waals surface area contributed by atoms with Crippen molar-refractivity contribution in [2.45, 2.75) is 51.4 Å². The molecule has 0 N–H and O–H groups in total. The van der Waals surface area contributed by atoms with E-state index in [1.54, 1.807) is 0 Å². The average Bonchev–Trinajstić information content (AvgIpc) is 2.29. The second-order valence-electron chi connectivity index (χ2n) is 4.86. The zero-order valence-electron chi connectivity index (χ0n) is 9.31. The molecule has 2 heteroatoms. The van der Waals surface area contributed by atoms with Crippen LogP contribution < -0.4 is 0 Å². The molecule has 78 valence electrons. The second kappa shape index (κ2) is 4.31. The molecule has 0 aromatic carbocycles. The monoisotopic (exact) mass is 247 g/mol. The molecule has 0 amide bonds. The summed E-state index contributed by atoms with van der Waals surface area (Å²) in [6.07, 6.45) is 2.57. The third-order valence-corrected chi connectivity index (χ3v) is 4.84. The Kier molecular flexibility index (Phi) is 3.82. The molecule has 0 radical (unpaired) electrons. The zero-order valence-corrected chi connectivity index (χ0v) is 10.9. The lowest BCUT2D eigenvalue weighted by atomic mass is 9.93. The first-order chi connectivity index (χ1) is 6.01. The Bertz CT molecular complexity index is 163. The molecule has 1 fully saturated rings. The van der Waals surface area contributed by atoms with Crippen LogP contribution in [0.1, 0.15) is 40.5 Å². The molecule has 0 saturated carbocycles. The zero-order chi connectivity index (χ0) is 10.1. The summed E-state index contributed by atoms with van der Waals surface area (Å²) in [5.41, 5.74) is 0.447. The molecule has 1 aliphatic rings. The Morgan fingerprint density at radius 2 is 1.92 bits per heavy atom. The molecule has 1 rings (SSSR count). The SMILES string of the molecule is CCC(CC)N1CC(Br)C(C)(C)C1. The van der Waals surface area contributed by atoms with Gasteiger partial charge in [-0.3, -0.25) is 4.90 Å². The van der Waals surface area contributed by atoms with E-state index in [-0.39, 0.29) is 0 Å². The van der Waals surface area contributed by atoms with Gasteiger partial charge in [0.05, 0.1) is 0 Å². The molecule has 1 aliphatic heterocycles. The first-order valence-corrected chi connectivity index (χ1v) is 6.31. The molecule has 1 unspecified atom stereocenters. The summed E-state index contributed by atoms with van der Waals surface area (Å²) in [6.45, 7) is 11.8. The highest BCUT2D eigenvalue weighted by molar-refractivity contribution is 9.09. The molecule has 0 aromatic rings. The van der Waals surface area contributed by atoms with Crippen molar-refractivity contribution in [1.29, 1.82) is 0 Å². The van der Waals surface area contributed by atoms with Crippen molar-refractivity contribution in [1.82, 2.24) is 4.90 Å². The van der Waals surface area contributed by atoms with Crippen LogP contribution in [0.4, 0.5) is 0 Å². The van der Waals surface area contributed by atoms with Gasteiger partial charge >= 0.3 is 0 Å². The highest BCUT2D eigenvalue weighted by Crippen LogP contribution is 2.36. The van der Waals surface area contributed by atoms with E-state index in [9.17, 15) is 0 Å². The molecule has 0 bridgehead atoms. The minimum absolute atomic E-state index is 0.447. The summed E-state index contributed by atoms with van der Waals surface area (Å²) in [5, 5.41) is 0. The van der Waals surface area contributed by atoms with E-state index in [2.05, 4.69) is 48.5 Å². The number of likely N-dealkylation sites (tertiary alicyclic amines) is 1. The fourth-order valence-corrected chi connectivity index (χ4v) is 2.74. The van der Waals surface area contributed by atoms with Crippen molar-refractivity contribution in [3.05, 3.63) is 0 Å². The number of hydrogen-bond acceptors (Lipinski definition) is 1. The van der Waals surface area contributed by atoms with Crippen LogP contribution in [0.5, 0.6) is 0 Å². The summed E-state index contributed by atoms with van der Waals surface area (Å²) < 4.78 is 0. The van der Waals surface area contributed by atoms with Crippen LogP contribution in [0.3, 0.4) is 0 Å². The van der Waals surface area contributed by atoms with Gasteiger partial charge in [0.25, 0.3) is 0 Å². The van der Waals surface area contributed by atoms with E-state index in [0.29, 0.717) is 10.2 Å². The van der Waals surface area contributed by atoms with E-state index < -0.39 is 0 Å². The lowest BCUT2D eigenvalue weighted by molar-refractivity contribution is 0.206. The molecule has 1 heterocycles. The molecule has 1 nitrogen and oxygen atoms in total. The largest absolute Gasteiger partial charge is 0.299 e. The maximum Gasteiger partial charge on any atom is 0.0336 e. The highest BCUT2D eigenvalue weighted by atomic mass is 79.9. The van der Waals surface area contributed by atoms with Gasteiger partial charge < -0.3 is 0 Å². The van der Waals surface area contributed by atoms with Gasteiger partial charge in [-0.1, -0.05) is 43.6 Å². The highest BCUT2D eigenvalue weighted by Gasteiger charge is 2.39. The summed E-state index contributed by atoms with van der Waals surface area (Å²) in [4.78, 5) is 3.31. The minimum Gasteiger partial charge on any atom is -0.299 e. The van der Waals surface area contributed by atoms with Gasteiger partial charge in [0.15, 0.2) is 0 Å². The van der Waals surface area contributed by atoms with E-state index in [1.165, 1.54) is 25.9 Å². The van der Waals surface area contributed by atoms with E-state index in [4.69, 9.17) is 0 Å². The van der Waals surface area contributed by atoms with Crippen molar-refractivity contribution in [2.75, 3.05) is 13.1 Å². The Hall–Kier alpha value is 0.440. The van der Waals surface area contributed by atoms with Crippen LogP contribution in [0.15, 0.2) is 0 Å². The van der Waals surface area contributed by atoms with E-state index >= 15 is 0 Å². The maximum absolute atomic E-state index is 3.79. The van der Waals surface area contributed by atoms with Gasteiger partial charge in [0.1, 0.15) is 0 Å². The van der Waals surface area contributed by atoms with Gasteiger partial charge in [-0.25, -0.2) is 0 Å². The molecule has 0 spiro atoms. The van der Waals surface area contributed by atoms with Crippen LogP contribution in [0, 0.1) is 5.41 Å². The number of nitrogens with zero attached hydrogens (tertiary/aromatic N) is 1. The van der Waals surface area contributed by atoms with Crippen molar-refractivity contribution in [3.8, 4) is 0 Å². The third-order valence-electron chi connectivity index (χ3n) is 3.31. The molecule has 1 saturated heterocycles. The van der Waals surface area contributed by atoms with Crippen LogP contribution in [0.25, 0.3) is 0 Å². The average molecular weight is 248 g/mol. The molecule has 1 atom stereocenters.